The fraction of sp³-hybridized carbons (Fsp3) is 0.250. The quantitative estimate of drug-likeness (QED) is 0.616. The first kappa shape index (κ1) is 14.8. The van der Waals surface area contributed by atoms with Crippen LogP contribution >= 0.6 is 27.5 Å². The third-order valence-electron chi connectivity index (χ3n) is 2.74. The van der Waals surface area contributed by atoms with Crippen molar-refractivity contribution in [3.63, 3.8) is 0 Å². The van der Waals surface area contributed by atoms with E-state index in [9.17, 15) is 10.1 Å². The van der Waals surface area contributed by atoms with Gasteiger partial charge in [-0.15, -0.1) is 0 Å². The molecule has 0 aliphatic rings. The van der Waals surface area contributed by atoms with Gasteiger partial charge >= 0.3 is 5.69 Å². The summed E-state index contributed by atoms with van der Waals surface area (Å²) in [5.74, 6) is 0.133. The van der Waals surface area contributed by atoms with Gasteiger partial charge in [-0.3, -0.25) is 14.8 Å². The van der Waals surface area contributed by atoms with Crippen LogP contribution in [0.3, 0.4) is 0 Å². The van der Waals surface area contributed by atoms with Crippen molar-refractivity contribution >= 4 is 33.2 Å². The molecule has 1 heterocycles. The van der Waals surface area contributed by atoms with Crippen LogP contribution in [0.1, 0.15) is 11.4 Å². The molecule has 1 aromatic heterocycles. The molecule has 0 saturated carbocycles. The lowest BCUT2D eigenvalue weighted by molar-refractivity contribution is -0.385. The van der Waals surface area contributed by atoms with Gasteiger partial charge in [-0.2, -0.15) is 5.10 Å². The van der Waals surface area contributed by atoms with Crippen molar-refractivity contribution in [2.75, 3.05) is 0 Å². The Bertz CT molecular complexity index is 672. The van der Waals surface area contributed by atoms with Crippen molar-refractivity contribution in [3.05, 3.63) is 49.2 Å². The van der Waals surface area contributed by atoms with E-state index in [4.69, 9.17) is 16.3 Å². The van der Waals surface area contributed by atoms with Crippen LogP contribution in [-0.4, -0.2) is 14.7 Å². The maximum Gasteiger partial charge on any atom is 0.311 e. The van der Waals surface area contributed by atoms with Gasteiger partial charge in [0.05, 0.1) is 20.8 Å². The molecule has 0 saturated heterocycles. The maximum atomic E-state index is 10.9. The van der Waals surface area contributed by atoms with Crippen LogP contribution in [-0.2, 0) is 13.7 Å². The monoisotopic (exact) mass is 359 g/mol. The second kappa shape index (κ2) is 5.80. The third-order valence-corrected chi connectivity index (χ3v) is 4.01. The lowest BCUT2D eigenvalue weighted by Gasteiger charge is -2.08. The molecule has 0 atom stereocenters. The fourth-order valence-electron chi connectivity index (χ4n) is 1.74. The molecular formula is C12H11BrClN3O3. The van der Waals surface area contributed by atoms with Crippen LogP contribution in [0.5, 0.6) is 5.75 Å². The molecule has 0 fully saturated rings. The summed E-state index contributed by atoms with van der Waals surface area (Å²) < 4.78 is 8.01. The van der Waals surface area contributed by atoms with E-state index in [0.29, 0.717) is 5.02 Å². The molecule has 0 N–H and O–H groups in total. The van der Waals surface area contributed by atoms with Crippen molar-refractivity contribution in [1.29, 1.82) is 0 Å². The Kier molecular flexibility index (Phi) is 4.29. The topological polar surface area (TPSA) is 70.2 Å². The van der Waals surface area contributed by atoms with Crippen molar-refractivity contribution in [1.82, 2.24) is 9.78 Å². The largest absolute Gasteiger partial charge is 0.480 e. The number of aromatic nitrogens is 2. The first-order chi connectivity index (χ1) is 9.40. The van der Waals surface area contributed by atoms with Gasteiger partial charge in [0.25, 0.3) is 0 Å². The number of ether oxygens (including phenoxy) is 1. The van der Waals surface area contributed by atoms with Gasteiger partial charge in [0.2, 0.25) is 0 Å². The molecule has 0 aliphatic carbocycles. The summed E-state index contributed by atoms with van der Waals surface area (Å²) in [6.45, 7) is 2.01. The average molecular weight is 361 g/mol. The van der Waals surface area contributed by atoms with Crippen LogP contribution in [0.4, 0.5) is 5.69 Å². The van der Waals surface area contributed by atoms with Gasteiger partial charge < -0.3 is 4.74 Å². The number of hydrogen-bond donors (Lipinski definition) is 0. The number of benzene rings is 1. The van der Waals surface area contributed by atoms with Crippen LogP contribution < -0.4 is 4.74 Å². The Balaban J connectivity index is 2.27. The van der Waals surface area contributed by atoms with E-state index < -0.39 is 4.92 Å². The fourth-order valence-corrected chi connectivity index (χ4v) is 2.35. The standard InChI is InChI=1S/C12H11BrClN3O3/c1-7-12(13)10(16(2)15-7)6-20-11-5-8(14)3-4-9(11)17(18)19/h3-5H,6H2,1-2H3. The smallest absolute Gasteiger partial charge is 0.311 e. The lowest BCUT2D eigenvalue weighted by Crippen LogP contribution is -2.05. The summed E-state index contributed by atoms with van der Waals surface area (Å²) in [5.41, 5.74) is 1.49. The number of aryl methyl sites for hydroxylation is 2. The molecule has 8 heteroatoms. The summed E-state index contributed by atoms with van der Waals surface area (Å²) in [4.78, 5) is 10.4. The highest BCUT2D eigenvalue weighted by Crippen LogP contribution is 2.31. The van der Waals surface area contributed by atoms with E-state index in [-0.39, 0.29) is 18.0 Å². The minimum absolute atomic E-state index is 0.121. The Morgan fingerprint density at radius 3 is 2.80 bits per heavy atom. The highest BCUT2D eigenvalue weighted by atomic mass is 79.9. The van der Waals surface area contributed by atoms with E-state index in [1.807, 2.05) is 6.92 Å². The van der Waals surface area contributed by atoms with Gasteiger partial charge in [-0.25, -0.2) is 0 Å². The average Bonchev–Trinajstić information content (AvgIpc) is 2.61. The molecule has 106 valence electrons. The normalized spacial score (nSPS) is 10.6. The SMILES string of the molecule is Cc1nn(C)c(COc2cc(Cl)ccc2[N+](=O)[O-])c1Br. The number of hydrogen-bond acceptors (Lipinski definition) is 4. The summed E-state index contributed by atoms with van der Waals surface area (Å²) in [6.07, 6.45) is 0. The van der Waals surface area contributed by atoms with Gasteiger partial charge in [-0.05, 0) is 28.9 Å². The second-order valence-corrected chi connectivity index (χ2v) is 5.36. The van der Waals surface area contributed by atoms with Crippen LogP contribution in [0.2, 0.25) is 5.02 Å². The Morgan fingerprint density at radius 2 is 2.25 bits per heavy atom. The molecule has 0 radical (unpaired) electrons. The summed E-state index contributed by atoms with van der Waals surface area (Å²) in [5, 5.41) is 15.5. The summed E-state index contributed by atoms with van der Waals surface area (Å²) >= 11 is 9.25. The lowest BCUT2D eigenvalue weighted by atomic mass is 10.3. The molecule has 6 nitrogen and oxygen atoms in total. The molecular weight excluding hydrogens is 350 g/mol. The minimum atomic E-state index is -0.505. The van der Waals surface area contributed by atoms with Gasteiger partial charge in [0.1, 0.15) is 6.61 Å². The molecule has 0 amide bonds. The first-order valence-electron chi connectivity index (χ1n) is 5.65. The van der Waals surface area contributed by atoms with E-state index in [2.05, 4.69) is 21.0 Å². The number of nitro groups is 1. The Morgan fingerprint density at radius 1 is 1.55 bits per heavy atom. The van der Waals surface area contributed by atoms with Gasteiger partial charge in [0.15, 0.2) is 5.75 Å². The van der Waals surface area contributed by atoms with Crippen molar-refractivity contribution < 1.29 is 9.66 Å². The summed E-state index contributed by atoms with van der Waals surface area (Å²) in [7, 11) is 1.78. The Labute approximate surface area is 128 Å². The summed E-state index contributed by atoms with van der Waals surface area (Å²) in [6, 6.07) is 4.20. The Hall–Kier alpha value is -1.60. The highest BCUT2D eigenvalue weighted by molar-refractivity contribution is 9.10. The van der Waals surface area contributed by atoms with Crippen LogP contribution in [0, 0.1) is 17.0 Å². The first-order valence-corrected chi connectivity index (χ1v) is 6.82. The number of nitro benzene ring substituents is 1. The predicted octanol–water partition coefficient (Wildman–Crippen LogP) is 3.63. The number of halogens is 2. The van der Waals surface area contributed by atoms with Crippen molar-refractivity contribution in [3.8, 4) is 5.75 Å². The highest BCUT2D eigenvalue weighted by Gasteiger charge is 2.17. The minimum Gasteiger partial charge on any atom is -0.480 e. The van der Waals surface area contributed by atoms with Gasteiger partial charge in [0, 0.05) is 24.2 Å². The molecule has 0 unspecified atom stereocenters. The van der Waals surface area contributed by atoms with Crippen molar-refractivity contribution in [2.24, 2.45) is 7.05 Å². The predicted molar refractivity (Wildman–Crippen MR) is 78.1 cm³/mol. The van der Waals surface area contributed by atoms with E-state index in [0.717, 1.165) is 15.9 Å². The van der Waals surface area contributed by atoms with Crippen LogP contribution in [0.15, 0.2) is 22.7 Å². The van der Waals surface area contributed by atoms with E-state index in [1.54, 1.807) is 11.7 Å². The zero-order chi connectivity index (χ0) is 14.9. The zero-order valence-electron chi connectivity index (χ0n) is 10.8. The molecule has 0 spiro atoms. The van der Waals surface area contributed by atoms with Crippen molar-refractivity contribution in [2.45, 2.75) is 13.5 Å². The van der Waals surface area contributed by atoms with Crippen LogP contribution in [0.25, 0.3) is 0 Å². The van der Waals surface area contributed by atoms with Gasteiger partial charge in [-0.1, -0.05) is 11.6 Å². The second-order valence-electron chi connectivity index (χ2n) is 4.13. The number of nitrogens with zero attached hydrogens (tertiary/aromatic N) is 3. The molecule has 20 heavy (non-hydrogen) atoms. The van der Waals surface area contributed by atoms with E-state index in [1.165, 1.54) is 18.2 Å². The number of rotatable bonds is 4. The van der Waals surface area contributed by atoms with E-state index >= 15 is 0 Å². The molecule has 2 aromatic rings. The maximum absolute atomic E-state index is 10.9. The third kappa shape index (κ3) is 2.94. The molecule has 0 aliphatic heterocycles. The molecule has 0 bridgehead atoms. The zero-order valence-corrected chi connectivity index (χ0v) is 13.1. The molecule has 1 aromatic carbocycles. The molecule has 2 rings (SSSR count).